The van der Waals surface area contributed by atoms with Gasteiger partial charge in [0.05, 0.1) is 5.56 Å². The molecule has 0 unspecified atom stereocenters. The molecule has 8 heteroatoms. The van der Waals surface area contributed by atoms with Crippen molar-refractivity contribution < 1.29 is 9.90 Å². The van der Waals surface area contributed by atoms with Crippen molar-refractivity contribution in [3.05, 3.63) is 26.4 Å². The third-order valence-corrected chi connectivity index (χ3v) is 1.88. The Hall–Kier alpha value is -1.89. The van der Waals surface area contributed by atoms with Crippen LogP contribution >= 0.6 is 11.6 Å². The van der Waals surface area contributed by atoms with E-state index >= 15 is 0 Å². The molecule has 0 aliphatic carbocycles. The van der Waals surface area contributed by atoms with Gasteiger partial charge in [-0.3, -0.25) is 19.6 Å². The largest absolute Gasteiger partial charge is 0.480 e. The summed E-state index contributed by atoms with van der Waals surface area (Å²) in [4.78, 5) is 39.2. The Labute approximate surface area is 93.8 Å². The molecule has 7 nitrogen and oxygen atoms in total. The predicted octanol–water partition coefficient (Wildman–Crippen LogP) is -0.369. The number of alkyl halides is 1. The number of aromatic amines is 2. The van der Waals surface area contributed by atoms with E-state index in [0.717, 1.165) is 0 Å². The Kier molecular flexibility index (Phi) is 4.01. The highest BCUT2D eigenvalue weighted by Gasteiger charge is 2.10. The lowest BCUT2D eigenvalue weighted by Crippen LogP contribution is -2.23. The van der Waals surface area contributed by atoms with Crippen LogP contribution in [0.4, 0.5) is 5.82 Å². The fourth-order valence-corrected chi connectivity index (χ4v) is 1.03. The molecule has 86 valence electrons. The first-order chi connectivity index (χ1) is 7.54. The van der Waals surface area contributed by atoms with Gasteiger partial charge >= 0.3 is 11.7 Å². The van der Waals surface area contributed by atoms with Crippen LogP contribution in [0.1, 0.15) is 5.56 Å². The number of hydrogen-bond acceptors (Lipinski definition) is 4. The summed E-state index contributed by atoms with van der Waals surface area (Å²) in [6.45, 7) is 0. The minimum absolute atomic E-state index is 0.306. The standard InChI is InChI=1S/C6H5N3O2.C2H3ClO2/c10-5-3-1-2-7-4(3)8-6(11)9-5;3-1-2(4)5/h2H,1H2,(H2,8,9,10,11);1H2,(H,4,5). The zero-order valence-electron chi connectivity index (χ0n) is 7.99. The van der Waals surface area contributed by atoms with Gasteiger partial charge in [0.15, 0.2) is 0 Å². The molecule has 0 amide bonds. The van der Waals surface area contributed by atoms with Crippen LogP contribution in [0.5, 0.6) is 0 Å². The molecule has 3 N–H and O–H groups in total. The molecule has 0 spiro atoms. The number of aromatic nitrogens is 2. The summed E-state index contributed by atoms with van der Waals surface area (Å²) in [6.07, 6.45) is 2.09. The number of halogens is 1. The number of aliphatic carboxylic acids is 1. The number of carboxylic acids is 1. The monoisotopic (exact) mass is 245 g/mol. The van der Waals surface area contributed by atoms with Crippen molar-refractivity contribution in [3.8, 4) is 0 Å². The van der Waals surface area contributed by atoms with E-state index in [9.17, 15) is 14.4 Å². The van der Waals surface area contributed by atoms with E-state index in [0.29, 0.717) is 17.8 Å². The quantitative estimate of drug-likeness (QED) is 0.586. The van der Waals surface area contributed by atoms with Crippen molar-refractivity contribution in [1.29, 1.82) is 0 Å². The van der Waals surface area contributed by atoms with Gasteiger partial charge in [-0.1, -0.05) is 0 Å². The number of aliphatic imine (C=N–C) groups is 1. The van der Waals surface area contributed by atoms with E-state index < -0.39 is 11.7 Å². The number of carbonyl (C=O) groups is 1. The summed E-state index contributed by atoms with van der Waals surface area (Å²) < 4.78 is 0. The van der Waals surface area contributed by atoms with Crippen LogP contribution in [0.2, 0.25) is 0 Å². The Bertz CT molecular complexity index is 531. The number of fused-ring (bicyclic) bond motifs is 1. The second kappa shape index (κ2) is 5.26. The van der Waals surface area contributed by atoms with Crippen molar-refractivity contribution in [3.63, 3.8) is 0 Å². The minimum Gasteiger partial charge on any atom is -0.480 e. The smallest absolute Gasteiger partial charge is 0.327 e. The first kappa shape index (κ1) is 12.2. The average molecular weight is 246 g/mol. The number of H-pyrrole nitrogens is 2. The molecule has 0 saturated carbocycles. The molecule has 0 radical (unpaired) electrons. The lowest BCUT2D eigenvalue weighted by molar-refractivity contribution is -0.134. The van der Waals surface area contributed by atoms with Gasteiger partial charge in [-0.15, -0.1) is 11.6 Å². The van der Waals surface area contributed by atoms with Gasteiger partial charge in [-0.2, -0.15) is 0 Å². The maximum atomic E-state index is 11.0. The fourth-order valence-electron chi connectivity index (χ4n) is 1.03. The van der Waals surface area contributed by atoms with Crippen LogP contribution in [-0.2, 0) is 11.2 Å². The lowest BCUT2D eigenvalue weighted by Gasteiger charge is -1.91. The molecule has 0 atom stereocenters. The first-order valence-corrected chi connectivity index (χ1v) is 4.73. The highest BCUT2D eigenvalue weighted by Crippen LogP contribution is 2.13. The second-order valence-corrected chi connectivity index (χ2v) is 3.05. The third-order valence-electron chi connectivity index (χ3n) is 1.65. The number of carboxylic acid groups (broad SMARTS) is 1. The van der Waals surface area contributed by atoms with Crippen molar-refractivity contribution in [1.82, 2.24) is 9.97 Å². The van der Waals surface area contributed by atoms with Gasteiger partial charge in [-0.25, -0.2) is 9.79 Å². The topological polar surface area (TPSA) is 115 Å². The van der Waals surface area contributed by atoms with Crippen LogP contribution in [0.3, 0.4) is 0 Å². The summed E-state index contributed by atoms with van der Waals surface area (Å²) in [7, 11) is 0. The second-order valence-electron chi connectivity index (χ2n) is 2.78. The van der Waals surface area contributed by atoms with Gasteiger partial charge in [-0.05, 0) is 0 Å². The molecule has 16 heavy (non-hydrogen) atoms. The molecule has 1 aromatic heterocycles. The Morgan fingerprint density at radius 3 is 2.69 bits per heavy atom. The van der Waals surface area contributed by atoms with E-state index in [1.165, 1.54) is 0 Å². The lowest BCUT2D eigenvalue weighted by atomic mass is 10.3. The normalized spacial score (nSPS) is 11.6. The summed E-state index contributed by atoms with van der Waals surface area (Å²) >= 11 is 4.74. The molecule has 1 aromatic rings. The molecule has 2 heterocycles. The third kappa shape index (κ3) is 3.06. The maximum absolute atomic E-state index is 11.0. The van der Waals surface area contributed by atoms with Gasteiger partial charge in [0.25, 0.3) is 5.56 Å². The summed E-state index contributed by atoms with van der Waals surface area (Å²) in [6, 6.07) is 0. The minimum atomic E-state index is -0.980. The number of nitrogens with one attached hydrogen (secondary N) is 2. The van der Waals surface area contributed by atoms with Gasteiger partial charge < -0.3 is 5.11 Å². The molecule has 1 aliphatic heterocycles. The molecule has 0 aromatic carbocycles. The Morgan fingerprint density at radius 1 is 1.50 bits per heavy atom. The van der Waals surface area contributed by atoms with Crippen molar-refractivity contribution in [2.75, 3.05) is 5.88 Å². The molecule has 0 saturated heterocycles. The molecule has 0 bridgehead atoms. The Balaban J connectivity index is 0.000000221. The van der Waals surface area contributed by atoms with Crippen LogP contribution < -0.4 is 11.2 Å². The molecular weight excluding hydrogens is 238 g/mol. The van der Waals surface area contributed by atoms with Gasteiger partial charge in [0, 0.05) is 12.6 Å². The van der Waals surface area contributed by atoms with Crippen LogP contribution in [0, 0.1) is 0 Å². The molecular formula is C8H8ClN3O4. The number of rotatable bonds is 1. The molecule has 1 aliphatic rings. The van der Waals surface area contributed by atoms with Crippen molar-refractivity contribution >= 4 is 29.6 Å². The van der Waals surface area contributed by atoms with Crippen LogP contribution in [0.15, 0.2) is 14.6 Å². The number of nitrogens with zero attached hydrogens (tertiary/aromatic N) is 1. The van der Waals surface area contributed by atoms with E-state index in [2.05, 4.69) is 15.0 Å². The molecule has 2 rings (SSSR count). The summed E-state index contributed by atoms with van der Waals surface area (Å²) in [5.74, 6) is -0.898. The highest BCUT2D eigenvalue weighted by molar-refractivity contribution is 6.26. The van der Waals surface area contributed by atoms with Crippen molar-refractivity contribution in [2.45, 2.75) is 6.42 Å². The zero-order valence-corrected chi connectivity index (χ0v) is 8.74. The van der Waals surface area contributed by atoms with E-state index in [4.69, 9.17) is 16.7 Å². The van der Waals surface area contributed by atoms with Crippen LogP contribution in [-0.4, -0.2) is 33.1 Å². The highest BCUT2D eigenvalue weighted by atomic mass is 35.5. The van der Waals surface area contributed by atoms with E-state index in [1.54, 1.807) is 6.21 Å². The van der Waals surface area contributed by atoms with Gasteiger partial charge in [0.1, 0.15) is 11.7 Å². The fraction of sp³-hybridized carbons (Fsp3) is 0.250. The average Bonchev–Trinajstić information content (AvgIpc) is 2.66. The van der Waals surface area contributed by atoms with E-state index in [-0.39, 0.29) is 11.4 Å². The zero-order chi connectivity index (χ0) is 12.1. The predicted molar refractivity (Wildman–Crippen MR) is 57.9 cm³/mol. The molecule has 0 fully saturated rings. The Morgan fingerprint density at radius 2 is 2.12 bits per heavy atom. The first-order valence-electron chi connectivity index (χ1n) is 4.20. The summed E-state index contributed by atoms with van der Waals surface area (Å²) in [5.41, 5.74) is -0.321. The summed E-state index contributed by atoms with van der Waals surface area (Å²) in [5, 5.41) is 7.59. The number of hydrogen-bond donors (Lipinski definition) is 3. The van der Waals surface area contributed by atoms with Gasteiger partial charge in [0.2, 0.25) is 0 Å². The SMILES string of the molecule is O=C(O)CCl.O=c1[nH]c2c(c(=O)[nH]1)CC=N2. The maximum Gasteiger partial charge on any atom is 0.327 e. The van der Waals surface area contributed by atoms with Crippen molar-refractivity contribution in [2.24, 2.45) is 4.99 Å². The van der Waals surface area contributed by atoms with Crippen LogP contribution in [0.25, 0.3) is 0 Å². The van der Waals surface area contributed by atoms with E-state index in [1.807, 2.05) is 0 Å².